The third kappa shape index (κ3) is 6.43. The lowest BCUT2D eigenvalue weighted by atomic mass is 9.74. The number of pyridine rings is 1. The van der Waals surface area contributed by atoms with Crippen LogP contribution in [0.2, 0.25) is 0 Å². The second kappa shape index (κ2) is 14.4. The van der Waals surface area contributed by atoms with E-state index in [0.717, 1.165) is 22.3 Å². The Labute approximate surface area is 300 Å². The third-order valence-electron chi connectivity index (χ3n) is 9.70. The van der Waals surface area contributed by atoms with Crippen LogP contribution in [0.15, 0.2) is 155 Å². The lowest BCUT2D eigenvalue weighted by molar-refractivity contribution is -0.384. The zero-order valence-electron chi connectivity index (χ0n) is 27.0. The van der Waals surface area contributed by atoms with Gasteiger partial charge in [0.25, 0.3) is 5.69 Å². The second-order valence-corrected chi connectivity index (χ2v) is 15.2. The van der Waals surface area contributed by atoms with Gasteiger partial charge in [-0.3, -0.25) is 15.0 Å². The molecule has 3 heterocycles. The van der Waals surface area contributed by atoms with Gasteiger partial charge in [0.2, 0.25) is 10.0 Å². The smallest absolute Gasteiger partial charge is 0.269 e. The van der Waals surface area contributed by atoms with E-state index in [1.807, 2.05) is 85.1 Å². The maximum absolute atomic E-state index is 14.0. The van der Waals surface area contributed by atoms with E-state index < -0.39 is 20.5 Å². The Morgan fingerprint density at radius 2 is 1.36 bits per heavy atom. The van der Waals surface area contributed by atoms with Gasteiger partial charge in [0, 0.05) is 56.0 Å². The summed E-state index contributed by atoms with van der Waals surface area (Å²) in [7, 11) is -3.96. The molecule has 11 heteroatoms. The molecule has 50 heavy (non-hydrogen) atoms. The van der Waals surface area contributed by atoms with Gasteiger partial charge in [-0.25, -0.2) is 13.4 Å². The van der Waals surface area contributed by atoms with Crippen LogP contribution in [0.1, 0.15) is 28.2 Å². The van der Waals surface area contributed by atoms with Gasteiger partial charge in [-0.1, -0.05) is 109 Å². The topological polar surface area (TPSA) is 106 Å². The molecule has 3 atom stereocenters. The first kappa shape index (κ1) is 34.0. The highest BCUT2D eigenvalue weighted by Gasteiger charge is 2.52. The quantitative estimate of drug-likeness (QED) is 0.0491. The molecule has 0 unspecified atom stereocenters. The summed E-state index contributed by atoms with van der Waals surface area (Å²) in [6.07, 6.45) is 5.72. The Balaban J connectivity index is 1.26. The molecule has 0 aliphatic carbocycles. The lowest BCUT2D eigenvalue weighted by Crippen LogP contribution is -2.68. The average molecular weight is 752 g/mol. The van der Waals surface area contributed by atoms with Crippen molar-refractivity contribution in [1.82, 2.24) is 14.2 Å². The fourth-order valence-electron chi connectivity index (χ4n) is 7.27. The average Bonchev–Trinajstić information content (AvgIpc) is 3.14. The van der Waals surface area contributed by atoms with Gasteiger partial charge in [-0.05, 0) is 56.4 Å². The number of nitro groups is 1. The monoisotopic (exact) mass is 750 g/mol. The molecule has 1 saturated heterocycles. The van der Waals surface area contributed by atoms with E-state index >= 15 is 0 Å². The van der Waals surface area contributed by atoms with Crippen molar-refractivity contribution in [3.63, 3.8) is 0 Å². The minimum absolute atomic E-state index is 0.0167. The van der Waals surface area contributed by atoms with E-state index in [1.165, 1.54) is 28.6 Å². The molecule has 0 saturated carbocycles. The van der Waals surface area contributed by atoms with Crippen molar-refractivity contribution in [3.05, 3.63) is 183 Å². The molecule has 2 aliphatic heterocycles. The van der Waals surface area contributed by atoms with Crippen molar-refractivity contribution in [2.45, 2.75) is 28.5 Å². The summed E-state index contributed by atoms with van der Waals surface area (Å²) in [5.74, 6) is -0.100. The van der Waals surface area contributed by atoms with Crippen LogP contribution in [0.25, 0.3) is 0 Å². The number of fused-ring (bicyclic) bond motifs is 1. The molecule has 0 N–H and O–H groups in total. The van der Waals surface area contributed by atoms with E-state index in [-0.39, 0.29) is 41.7 Å². The van der Waals surface area contributed by atoms with Crippen LogP contribution in [0, 0.1) is 10.1 Å². The van der Waals surface area contributed by atoms with Crippen LogP contribution < -0.4 is 0 Å². The number of ether oxygens (including phenoxy) is 1. The van der Waals surface area contributed by atoms with Gasteiger partial charge in [0.05, 0.1) is 16.4 Å². The van der Waals surface area contributed by atoms with Gasteiger partial charge < -0.3 is 4.74 Å². The molecule has 0 radical (unpaired) electrons. The third-order valence-corrected chi connectivity index (χ3v) is 12.0. The number of benzene rings is 4. The Morgan fingerprint density at radius 1 is 0.800 bits per heavy atom. The SMILES string of the molecule is O=[N+]([O-])c1ccc(S(=O)(=O)N2C/C=C\CN3[C@H](COC(c4ccccc4)(c4ccccc4)c4ccccc4)[C@H](c4ccc(Br)nc4)[C@@H]3C2)cc1. The first-order chi connectivity index (χ1) is 24.3. The molecule has 1 aromatic heterocycles. The van der Waals surface area contributed by atoms with Crippen molar-refractivity contribution < 1.29 is 18.1 Å². The fourth-order valence-corrected chi connectivity index (χ4v) is 8.91. The van der Waals surface area contributed by atoms with Gasteiger partial charge in [0.1, 0.15) is 10.2 Å². The van der Waals surface area contributed by atoms with Crippen molar-refractivity contribution >= 4 is 31.6 Å². The van der Waals surface area contributed by atoms with Crippen molar-refractivity contribution in [1.29, 1.82) is 0 Å². The minimum Gasteiger partial charge on any atom is -0.359 e. The summed E-state index contributed by atoms with van der Waals surface area (Å²) in [6.45, 7) is 1.38. The summed E-state index contributed by atoms with van der Waals surface area (Å²) in [5.41, 5.74) is 2.92. The first-order valence-corrected chi connectivity index (χ1v) is 18.6. The van der Waals surface area contributed by atoms with Crippen LogP contribution in [-0.4, -0.2) is 65.9 Å². The number of aromatic nitrogens is 1. The van der Waals surface area contributed by atoms with E-state index in [1.54, 1.807) is 0 Å². The van der Waals surface area contributed by atoms with Crippen molar-refractivity contribution in [2.75, 3.05) is 26.2 Å². The van der Waals surface area contributed by atoms with E-state index in [2.05, 4.69) is 62.2 Å². The molecule has 7 rings (SSSR count). The zero-order valence-corrected chi connectivity index (χ0v) is 29.4. The van der Waals surface area contributed by atoms with Crippen LogP contribution in [0.3, 0.4) is 0 Å². The van der Waals surface area contributed by atoms with Gasteiger partial charge >= 0.3 is 0 Å². The number of sulfonamides is 1. The molecule has 2 aliphatic rings. The Kier molecular flexibility index (Phi) is 9.76. The first-order valence-electron chi connectivity index (χ1n) is 16.4. The standard InChI is InChI=1S/C39H35BrN4O5S/c40-37-23-18-29(26-41-37)38-35-27-42(50(47,48)34-21-19-33(20-22-34)44(45)46)24-10-11-25-43(35)36(38)28-49-39(30-12-4-1-5-13-30,31-14-6-2-7-15-31)32-16-8-3-9-17-32/h1-23,26,35-36,38H,24-25,27-28H2/b11-10-/t35-,36+,38+/m0/s1. The lowest BCUT2D eigenvalue weighted by Gasteiger charge is -2.57. The highest BCUT2D eigenvalue weighted by Crippen LogP contribution is 2.46. The number of hydrogen-bond acceptors (Lipinski definition) is 7. The molecular formula is C39H35BrN4O5S. The van der Waals surface area contributed by atoms with Gasteiger partial charge in [-0.15, -0.1) is 0 Å². The number of rotatable bonds is 10. The Bertz CT molecular complexity index is 1970. The Hall–Kier alpha value is -4.52. The normalized spacial score (nSPS) is 20.5. The summed E-state index contributed by atoms with van der Waals surface area (Å²) in [6, 6.07) is 39.5. The largest absolute Gasteiger partial charge is 0.359 e. The van der Waals surface area contributed by atoms with Crippen LogP contribution in [-0.2, 0) is 20.4 Å². The van der Waals surface area contributed by atoms with Crippen LogP contribution >= 0.6 is 15.9 Å². The number of hydrogen-bond donors (Lipinski definition) is 0. The van der Waals surface area contributed by atoms with Crippen molar-refractivity contribution in [3.8, 4) is 0 Å². The highest BCUT2D eigenvalue weighted by molar-refractivity contribution is 9.10. The molecule has 1 fully saturated rings. The van der Waals surface area contributed by atoms with E-state index in [0.29, 0.717) is 17.8 Å². The van der Waals surface area contributed by atoms with E-state index in [4.69, 9.17) is 4.74 Å². The number of nitro benzene ring substituents is 1. The number of halogens is 1. The molecule has 4 aromatic carbocycles. The summed E-state index contributed by atoms with van der Waals surface area (Å²) >= 11 is 3.47. The molecule has 0 amide bonds. The molecule has 0 bridgehead atoms. The highest BCUT2D eigenvalue weighted by atomic mass is 79.9. The van der Waals surface area contributed by atoms with E-state index in [9.17, 15) is 18.5 Å². The van der Waals surface area contributed by atoms with Crippen LogP contribution in [0.5, 0.6) is 0 Å². The fraction of sp³-hybridized carbons (Fsp3) is 0.205. The van der Waals surface area contributed by atoms with Crippen molar-refractivity contribution in [2.24, 2.45) is 0 Å². The number of nitrogens with zero attached hydrogens (tertiary/aromatic N) is 4. The summed E-state index contributed by atoms with van der Waals surface area (Å²) in [5, 5.41) is 11.2. The molecule has 254 valence electrons. The zero-order chi connectivity index (χ0) is 34.7. The molecular weight excluding hydrogens is 716 g/mol. The maximum atomic E-state index is 14.0. The Morgan fingerprint density at radius 3 is 1.88 bits per heavy atom. The molecule has 0 spiro atoms. The van der Waals surface area contributed by atoms with Crippen LogP contribution in [0.4, 0.5) is 5.69 Å². The maximum Gasteiger partial charge on any atom is 0.269 e. The minimum atomic E-state index is -3.96. The second-order valence-electron chi connectivity index (χ2n) is 12.4. The predicted molar refractivity (Wildman–Crippen MR) is 195 cm³/mol. The summed E-state index contributed by atoms with van der Waals surface area (Å²) < 4.78 is 37.4. The summed E-state index contributed by atoms with van der Waals surface area (Å²) in [4.78, 5) is 17.6. The van der Waals surface area contributed by atoms with Gasteiger partial charge in [-0.2, -0.15) is 4.31 Å². The molecule has 5 aromatic rings. The van der Waals surface area contributed by atoms with Gasteiger partial charge in [0.15, 0.2) is 0 Å². The number of non-ortho nitro benzene ring substituents is 1. The molecule has 9 nitrogen and oxygen atoms in total. The predicted octanol–water partition coefficient (Wildman–Crippen LogP) is 7.16.